The first kappa shape index (κ1) is 28.6. The molecule has 5 nitrogen and oxygen atoms in total. The summed E-state index contributed by atoms with van der Waals surface area (Å²) in [4.78, 5) is 13.4. The maximum absolute atomic E-state index is 14.9. The fourth-order valence-electron chi connectivity index (χ4n) is 4.79. The molecule has 0 bridgehead atoms. The quantitative estimate of drug-likeness (QED) is 0.290. The van der Waals surface area contributed by atoms with E-state index in [0.29, 0.717) is 36.1 Å². The van der Waals surface area contributed by atoms with Gasteiger partial charge in [0.15, 0.2) is 0 Å². The van der Waals surface area contributed by atoms with Crippen molar-refractivity contribution in [3.05, 3.63) is 83.2 Å². The lowest BCUT2D eigenvalue weighted by Crippen LogP contribution is -2.36. The minimum absolute atomic E-state index is 0.0873. The number of hydrogen-bond donors (Lipinski definition) is 1. The van der Waals surface area contributed by atoms with Gasteiger partial charge in [0, 0.05) is 24.6 Å². The second kappa shape index (κ2) is 14.1. The van der Waals surface area contributed by atoms with Crippen LogP contribution in [0.2, 0.25) is 0 Å². The van der Waals surface area contributed by atoms with E-state index in [-0.39, 0.29) is 12.2 Å². The Morgan fingerprint density at radius 3 is 2.49 bits per heavy atom. The standard InChI is InChI=1S/C30H34FNO4.C3H6/c1-21-6-3-4-15-32(21)19-24-16-23(9-12-27(24)28-18-25(35-2)11-13-29(28)31)20-36-26-8-5-7-22(17-26)10-14-30(33)34;1-2-3-1/h5,7-9,11-13,16-18,21H,3-4,6,10,14-15,19-20H2,1-2H3,(H,33,34);1-3H2. The number of aliphatic carboxylic acids is 1. The van der Waals surface area contributed by atoms with Crippen molar-refractivity contribution in [3.8, 4) is 22.6 Å². The summed E-state index contributed by atoms with van der Waals surface area (Å²) in [5.74, 6) is 0.237. The van der Waals surface area contributed by atoms with Crippen LogP contribution in [0.1, 0.15) is 68.6 Å². The van der Waals surface area contributed by atoms with E-state index < -0.39 is 5.97 Å². The monoisotopic (exact) mass is 533 g/mol. The highest BCUT2D eigenvalue weighted by Crippen LogP contribution is 2.33. The number of benzene rings is 3. The summed E-state index contributed by atoms with van der Waals surface area (Å²) in [7, 11) is 1.59. The molecule has 1 unspecified atom stereocenters. The molecular formula is C33H40FNO4. The number of hydrogen-bond acceptors (Lipinski definition) is 4. The molecule has 0 aromatic heterocycles. The van der Waals surface area contributed by atoms with Gasteiger partial charge in [0.05, 0.1) is 7.11 Å². The van der Waals surface area contributed by atoms with Crippen molar-refractivity contribution in [2.45, 2.75) is 77.5 Å². The molecule has 0 radical (unpaired) electrons. The van der Waals surface area contributed by atoms with Gasteiger partial charge in [0.1, 0.15) is 23.9 Å². The molecule has 0 amide bonds. The maximum atomic E-state index is 14.9. The molecule has 208 valence electrons. The summed E-state index contributed by atoms with van der Waals surface area (Å²) < 4.78 is 26.3. The zero-order valence-corrected chi connectivity index (χ0v) is 23.1. The number of ether oxygens (including phenoxy) is 2. The van der Waals surface area contributed by atoms with Gasteiger partial charge >= 0.3 is 5.97 Å². The van der Waals surface area contributed by atoms with Gasteiger partial charge in [-0.3, -0.25) is 9.69 Å². The van der Waals surface area contributed by atoms with E-state index in [9.17, 15) is 9.18 Å². The largest absolute Gasteiger partial charge is 0.497 e. The van der Waals surface area contributed by atoms with Crippen LogP contribution in [0.5, 0.6) is 11.5 Å². The van der Waals surface area contributed by atoms with Crippen molar-refractivity contribution in [1.29, 1.82) is 0 Å². The van der Waals surface area contributed by atoms with Crippen molar-refractivity contribution in [1.82, 2.24) is 4.90 Å². The Balaban J connectivity index is 0.00000110. The summed E-state index contributed by atoms with van der Waals surface area (Å²) >= 11 is 0. The number of halogens is 1. The van der Waals surface area contributed by atoms with E-state index in [1.807, 2.05) is 36.4 Å². The topological polar surface area (TPSA) is 59.0 Å². The molecule has 1 heterocycles. The highest BCUT2D eigenvalue weighted by atomic mass is 19.1. The predicted octanol–water partition coefficient (Wildman–Crippen LogP) is 7.64. The summed E-state index contributed by atoms with van der Waals surface area (Å²) in [5.41, 5.74) is 4.39. The Kier molecular flexibility index (Phi) is 10.4. The number of methoxy groups -OCH3 is 1. The molecule has 3 aromatic carbocycles. The lowest BCUT2D eigenvalue weighted by atomic mass is 9.95. The van der Waals surface area contributed by atoms with Crippen molar-refractivity contribution in [3.63, 3.8) is 0 Å². The van der Waals surface area contributed by atoms with E-state index in [4.69, 9.17) is 14.6 Å². The molecule has 1 N–H and O–H groups in total. The molecule has 3 aromatic rings. The molecule has 1 saturated carbocycles. The number of piperidine rings is 1. The lowest BCUT2D eigenvalue weighted by Gasteiger charge is -2.34. The normalized spacial score (nSPS) is 16.6. The summed E-state index contributed by atoms with van der Waals surface area (Å²) in [5, 5.41) is 8.94. The van der Waals surface area contributed by atoms with Crippen LogP contribution in [-0.2, 0) is 24.4 Å². The van der Waals surface area contributed by atoms with Crippen LogP contribution in [0.25, 0.3) is 11.1 Å². The van der Waals surface area contributed by atoms with Crippen LogP contribution in [0.4, 0.5) is 4.39 Å². The molecule has 1 aliphatic heterocycles. The second-order valence-corrected chi connectivity index (χ2v) is 10.5. The Labute approximate surface area is 231 Å². The minimum atomic E-state index is -0.815. The number of carboxylic acid groups (broad SMARTS) is 1. The zero-order valence-electron chi connectivity index (χ0n) is 23.1. The zero-order chi connectivity index (χ0) is 27.6. The second-order valence-electron chi connectivity index (χ2n) is 10.5. The number of rotatable bonds is 10. The molecular weight excluding hydrogens is 493 g/mol. The third-order valence-corrected chi connectivity index (χ3v) is 7.23. The third kappa shape index (κ3) is 8.82. The Bertz CT molecular complexity index is 1240. The van der Waals surface area contributed by atoms with Gasteiger partial charge in [0.25, 0.3) is 0 Å². The molecule has 2 fully saturated rings. The Morgan fingerprint density at radius 1 is 0.949 bits per heavy atom. The summed E-state index contributed by atoms with van der Waals surface area (Å²) in [6.45, 7) is 4.40. The first-order valence-corrected chi connectivity index (χ1v) is 14.1. The molecule has 39 heavy (non-hydrogen) atoms. The molecule has 0 spiro atoms. The average molecular weight is 534 g/mol. The van der Waals surface area contributed by atoms with Gasteiger partial charge in [-0.2, -0.15) is 0 Å². The lowest BCUT2D eigenvalue weighted by molar-refractivity contribution is -0.136. The highest BCUT2D eigenvalue weighted by molar-refractivity contribution is 5.70. The number of nitrogens with zero attached hydrogens (tertiary/aromatic N) is 1. The minimum Gasteiger partial charge on any atom is -0.497 e. The van der Waals surface area contributed by atoms with E-state index in [1.165, 1.54) is 44.6 Å². The number of carboxylic acids is 1. The summed E-state index contributed by atoms with van der Waals surface area (Å²) in [6, 6.07) is 18.9. The molecule has 6 heteroatoms. The fraction of sp³-hybridized carbons (Fsp3) is 0.424. The van der Waals surface area contributed by atoms with Crippen molar-refractivity contribution in [2.75, 3.05) is 13.7 Å². The van der Waals surface area contributed by atoms with Crippen LogP contribution in [0, 0.1) is 5.82 Å². The van der Waals surface area contributed by atoms with Crippen molar-refractivity contribution in [2.24, 2.45) is 0 Å². The first-order chi connectivity index (χ1) is 18.9. The molecule has 1 saturated heterocycles. The van der Waals surface area contributed by atoms with Gasteiger partial charge in [-0.15, -0.1) is 0 Å². The molecule has 1 atom stereocenters. The summed E-state index contributed by atoms with van der Waals surface area (Å²) in [6.07, 6.45) is 8.64. The van der Waals surface area contributed by atoms with Crippen LogP contribution >= 0.6 is 0 Å². The van der Waals surface area contributed by atoms with E-state index in [2.05, 4.69) is 17.9 Å². The number of aryl methyl sites for hydroxylation is 1. The van der Waals surface area contributed by atoms with Crippen molar-refractivity contribution < 1.29 is 23.8 Å². The van der Waals surface area contributed by atoms with Crippen LogP contribution in [0.3, 0.4) is 0 Å². The van der Waals surface area contributed by atoms with Crippen LogP contribution < -0.4 is 9.47 Å². The van der Waals surface area contributed by atoms with Crippen molar-refractivity contribution >= 4 is 5.97 Å². The van der Waals surface area contributed by atoms with E-state index >= 15 is 0 Å². The van der Waals surface area contributed by atoms with Gasteiger partial charge in [0.2, 0.25) is 0 Å². The van der Waals surface area contributed by atoms with Gasteiger partial charge < -0.3 is 14.6 Å². The molecule has 2 aliphatic rings. The SMILES string of the molecule is C1CC1.COc1ccc(F)c(-c2ccc(COc3cccc(CCC(=O)O)c3)cc2CN2CCCCC2C)c1. The number of carbonyl (C=O) groups is 1. The molecule has 1 aliphatic carbocycles. The van der Waals surface area contributed by atoms with Gasteiger partial charge in [-0.25, -0.2) is 4.39 Å². The third-order valence-electron chi connectivity index (χ3n) is 7.23. The Morgan fingerprint density at radius 2 is 1.77 bits per heavy atom. The van der Waals surface area contributed by atoms with Crippen LogP contribution in [0.15, 0.2) is 60.7 Å². The maximum Gasteiger partial charge on any atom is 0.303 e. The average Bonchev–Trinajstić information content (AvgIpc) is 3.83. The predicted molar refractivity (Wildman–Crippen MR) is 153 cm³/mol. The van der Waals surface area contributed by atoms with Gasteiger partial charge in [-0.05, 0) is 85.3 Å². The number of likely N-dealkylation sites (tertiary alicyclic amines) is 1. The smallest absolute Gasteiger partial charge is 0.303 e. The van der Waals surface area contributed by atoms with Gasteiger partial charge in [-0.1, -0.05) is 56.0 Å². The van der Waals surface area contributed by atoms with E-state index in [0.717, 1.165) is 35.3 Å². The van der Waals surface area contributed by atoms with E-state index in [1.54, 1.807) is 19.2 Å². The first-order valence-electron chi connectivity index (χ1n) is 14.1. The highest BCUT2D eigenvalue weighted by Gasteiger charge is 2.21. The Hall–Kier alpha value is -3.38. The molecule has 5 rings (SSSR count). The van der Waals surface area contributed by atoms with Crippen LogP contribution in [-0.4, -0.2) is 35.7 Å². The fourth-order valence-corrected chi connectivity index (χ4v) is 4.79.